The smallest absolute Gasteiger partial charge is 0.254 e. The Hall–Kier alpha value is -2.58. The minimum absolute atomic E-state index is 0.0645. The SMILES string of the molecule is Cc1ccc(CN(CCN(C)C)C(=O)c2ccc(C#N)cc2)o1. The molecule has 0 fully saturated rings. The molecule has 1 amide bonds. The summed E-state index contributed by atoms with van der Waals surface area (Å²) in [5, 5.41) is 8.86. The molecule has 2 aromatic rings. The van der Waals surface area contributed by atoms with Crippen molar-refractivity contribution in [1.29, 1.82) is 5.26 Å². The highest BCUT2D eigenvalue weighted by atomic mass is 16.3. The fraction of sp³-hybridized carbons (Fsp3) is 0.333. The third kappa shape index (κ3) is 4.70. The van der Waals surface area contributed by atoms with E-state index in [1.165, 1.54) is 0 Å². The lowest BCUT2D eigenvalue weighted by atomic mass is 10.1. The van der Waals surface area contributed by atoms with Gasteiger partial charge in [0.1, 0.15) is 11.5 Å². The molecule has 1 aromatic carbocycles. The summed E-state index contributed by atoms with van der Waals surface area (Å²) in [6.45, 7) is 3.68. The number of nitriles is 1. The topological polar surface area (TPSA) is 60.5 Å². The van der Waals surface area contributed by atoms with Crippen LogP contribution in [0.25, 0.3) is 0 Å². The van der Waals surface area contributed by atoms with E-state index >= 15 is 0 Å². The van der Waals surface area contributed by atoms with E-state index in [0.29, 0.717) is 24.2 Å². The first-order valence-corrected chi connectivity index (χ1v) is 7.49. The van der Waals surface area contributed by atoms with Gasteiger partial charge in [-0.2, -0.15) is 5.26 Å². The summed E-state index contributed by atoms with van der Waals surface area (Å²) in [6, 6.07) is 12.6. The highest BCUT2D eigenvalue weighted by molar-refractivity contribution is 5.94. The van der Waals surface area contributed by atoms with Crippen molar-refractivity contribution in [3.63, 3.8) is 0 Å². The van der Waals surface area contributed by atoms with Gasteiger partial charge in [0.15, 0.2) is 0 Å². The van der Waals surface area contributed by atoms with Gasteiger partial charge in [-0.1, -0.05) is 0 Å². The molecule has 120 valence electrons. The molecule has 0 aliphatic rings. The Balaban J connectivity index is 2.16. The first-order chi connectivity index (χ1) is 11.0. The molecule has 0 unspecified atom stereocenters. The molecule has 0 spiro atoms. The Labute approximate surface area is 136 Å². The Bertz CT molecular complexity index is 696. The van der Waals surface area contributed by atoms with E-state index < -0.39 is 0 Å². The van der Waals surface area contributed by atoms with Crippen molar-refractivity contribution in [2.24, 2.45) is 0 Å². The molecule has 1 heterocycles. The number of carbonyl (C=O) groups is 1. The summed E-state index contributed by atoms with van der Waals surface area (Å²) in [5.74, 6) is 1.53. The van der Waals surface area contributed by atoms with E-state index in [-0.39, 0.29) is 5.91 Å². The van der Waals surface area contributed by atoms with Gasteiger partial charge in [-0.05, 0) is 57.4 Å². The lowest BCUT2D eigenvalue weighted by Gasteiger charge is -2.23. The zero-order valence-corrected chi connectivity index (χ0v) is 13.7. The number of amides is 1. The third-order valence-corrected chi connectivity index (χ3v) is 3.51. The summed E-state index contributed by atoms with van der Waals surface area (Å²) in [4.78, 5) is 16.5. The maximum absolute atomic E-state index is 12.8. The van der Waals surface area contributed by atoms with Crippen molar-refractivity contribution >= 4 is 5.91 Å². The number of rotatable bonds is 6. The predicted molar refractivity (Wildman–Crippen MR) is 87.9 cm³/mol. The first-order valence-electron chi connectivity index (χ1n) is 7.49. The molecule has 0 aliphatic carbocycles. The lowest BCUT2D eigenvalue weighted by Crippen LogP contribution is -2.36. The normalized spacial score (nSPS) is 10.6. The van der Waals surface area contributed by atoms with Gasteiger partial charge in [0.2, 0.25) is 0 Å². The minimum Gasteiger partial charge on any atom is -0.464 e. The largest absolute Gasteiger partial charge is 0.464 e. The second-order valence-corrected chi connectivity index (χ2v) is 5.73. The quantitative estimate of drug-likeness (QED) is 0.823. The van der Waals surface area contributed by atoms with Crippen molar-refractivity contribution in [3.05, 3.63) is 59.0 Å². The number of nitrogens with zero attached hydrogens (tertiary/aromatic N) is 3. The van der Waals surface area contributed by atoms with Crippen LogP contribution >= 0.6 is 0 Å². The average Bonchev–Trinajstić information content (AvgIpc) is 2.95. The summed E-state index contributed by atoms with van der Waals surface area (Å²) in [7, 11) is 3.95. The van der Waals surface area contributed by atoms with Gasteiger partial charge in [-0.3, -0.25) is 4.79 Å². The van der Waals surface area contributed by atoms with Crippen LogP contribution in [0.2, 0.25) is 0 Å². The molecule has 5 heteroatoms. The van der Waals surface area contributed by atoms with Crippen molar-refractivity contribution < 1.29 is 9.21 Å². The highest BCUT2D eigenvalue weighted by Crippen LogP contribution is 2.13. The monoisotopic (exact) mass is 311 g/mol. The molecule has 0 atom stereocenters. The number of carbonyl (C=O) groups excluding carboxylic acids is 1. The Morgan fingerprint density at radius 2 is 1.83 bits per heavy atom. The summed E-state index contributed by atoms with van der Waals surface area (Å²) >= 11 is 0. The maximum atomic E-state index is 12.8. The average molecular weight is 311 g/mol. The molecule has 23 heavy (non-hydrogen) atoms. The van der Waals surface area contributed by atoms with Crippen LogP contribution in [-0.2, 0) is 6.54 Å². The molecule has 0 bridgehead atoms. The van der Waals surface area contributed by atoms with Crippen LogP contribution in [0.1, 0.15) is 27.4 Å². The van der Waals surface area contributed by atoms with Crippen molar-refractivity contribution in [2.45, 2.75) is 13.5 Å². The molecule has 0 radical (unpaired) electrons. The van der Waals surface area contributed by atoms with Crippen LogP contribution in [0, 0.1) is 18.3 Å². The molecular weight excluding hydrogens is 290 g/mol. The summed E-state index contributed by atoms with van der Waals surface area (Å²) in [6.07, 6.45) is 0. The van der Waals surface area contributed by atoms with Crippen LogP contribution in [0.4, 0.5) is 0 Å². The number of benzene rings is 1. The van der Waals surface area contributed by atoms with E-state index in [1.807, 2.05) is 38.1 Å². The maximum Gasteiger partial charge on any atom is 0.254 e. The zero-order valence-electron chi connectivity index (χ0n) is 13.7. The fourth-order valence-corrected chi connectivity index (χ4v) is 2.20. The van der Waals surface area contributed by atoms with E-state index in [4.69, 9.17) is 9.68 Å². The number of furan rings is 1. The predicted octanol–water partition coefficient (Wildman–Crippen LogP) is 2.66. The van der Waals surface area contributed by atoms with Crippen LogP contribution in [0.15, 0.2) is 40.8 Å². The van der Waals surface area contributed by atoms with Gasteiger partial charge < -0.3 is 14.2 Å². The van der Waals surface area contributed by atoms with E-state index in [1.54, 1.807) is 29.2 Å². The van der Waals surface area contributed by atoms with Crippen molar-refractivity contribution in [1.82, 2.24) is 9.80 Å². The van der Waals surface area contributed by atoms with Crippen LogP contribution < -0.4 is 0 Å². The Kier molecular flexibility index (Phi) is 5.56. The lowest BCUT2D eigenvalue weighted by molar-refractivity contribution is 0.0719. The van der Waals surface area contributed by atoms with Gasteiger partial charge in [-0.15, -0.1) is 0 Å². The van der Waals surface area contributed by atoms with E-state index in [2.05, 4.69) is 6.07 Å². The molecule has 0 saturated heterocycles. The fourth-order valence-electron chi connectivity index (χ4n) is 2.20. The molecule has 2 rings (SSSR count). The molecule has 5 nitrogen and oxygen atoms in total. The number of hydrogen-bond donors (Lipinski definition) is 0. The number of likely N-dealkylation sites (N-methyl/N-ethyl adjacent to an activating group) is 1. The van der Waals surface area contributed by atoms with Gasteiger partial charge in [0.25, 0.3) is 5.91 Å². The number of hydrogen-bond acceptors (Lipinski definition) is 4. The second-order valence-electron chi connectivity index (χ2n) is 5.73. The molecule has 0 N–H and O–H groups in total. The van der Waals surface area contributed by atoms with Gasteiger partial charge in [0, 0.05) is 18.7 Å². The molecular formula is C18H21N3O2. The van der Waals surface area contributed by atoms with Crippen molar-refractivity contribution in [3.8, 4) is 6.07 Å². The van der Waals surface area contributed by atoms with Gasteiger partial charge >= 0.3 is 0 Å². The van der Waals surface area contributed by atoms with Crippen LogP contribution in [-0.4, -0.2) is 42.9 Å². The minimum atomic E-state index is -0.0645. The molecule has 0 aliphatic heterocycles. The number of aryl methyl sites for hydroxylation is 1. The van der Waals surface area contributed by atoms with Crippen LogP contribution in [0.5, 0.6) is 0 Å². The van der Waals surface area contributed by atoms with Gasteiger partial charge in [-0.25, -0.2) is 0 Å². The van der Waals surface area contributed by atoms with E-state index in [0.717, 1.165) is 18.1 Å². The van der Waals surface area contributed by atoms with Crippen LogP contribution in [0.3, 0.4) is 0 Å². The molecule has 1 aromatic heterocycles. The highest BCUT2D eigenvalue weighted by Gasteiger charge is 2.17. The van der Waals surface area contributed by atoms with E-state index in [9.17, 15) is 4.79 Å². The molecule has 0 saturated carbocycles. The zero-order chi connectivity index (χ0) is 16.8. The second kappa shape index (κ2) is 7.61. The Morgan fingerprint density at radius 1 is 1.13 bits per heavy atom. The van der Waals surface area contributed by atoms with Gasteiger partial charge in [0.05, 0.1) is 18.2 Å². The summed E-state index contributed by atoms with van der Waals surface area (Å²) in [5.41, 5.74) is 1.12. The standard InChI is InChI=1S/C18H21N3O2/c1-14-4-9-17(23-14)13-21(11-10-20(2)3)18(22)16-7-5-15(12-19)6-8-16/h4-9H,10-11,13H2,1-3H3. The Morgan fingerprint density at radius 3 is 2.35 bits per heavy atom. The summed E-state index contributed by atoms with van der Waals surface area (Å²) < 4.78 is 5.59. The first kappa shape index (κ1) is 16.8. The third-order valence-electron chi connectivity index (χ3n) is 3.51. The van der Waals surface area contributed by atoms with Crippen molar-refractivity contribution in [2.75, 3.05) is 27.2 Å².